The predicted octanol–water partition coefficient (Wildman–Crippen LogP) is 14.7. The van der Waals surface area contributed by atoms with Gasteiger partial charge in [0.05, 0.1) is 10.2 Å². The maximum atomic E-state index is 4.52. The van der Waals surface area contributed by atoms with Crippen molar-refractivity contribution in [3.8, 4) is 43.8 Å². The lowest BCUT2D eigenvalue weighted by atomic mass is 10.00. The third kappa shape index (κ3) is 6.11. The summed E-state index contributed by atoms with van der Waals surface area (Å²) < 4.78 is 1.21. The molecule has 0 aliphatic rings. The van der Waals surface area contributed by atoms with Gasteiger partial charge >= 0.3 is 0 Å². The van der Waals surface area contributed by atoms with Crippen molar-refractivity contribution in [3.05, 3.63) is 206 Å². The zero-order valence-corrected chi connectivity index (χ0v) is 30.2. The first-order chi connectivity index (χ1) is 26.7. The molecule has 0 spiro atoms. The van der Waals surface area contributed by atoms with Gasteiger partial charge in [-0.2, -0.15) is 0 Å². The summed E-state index contributed by atoms with van der Waals surface area (Å²) in [7, 11) is 0. The Kier molecular flexibility index (Phi) is 8.05. The second-order valence-corrected chi connectivity index (χ2v) is 14.8. The van der Waals surface area contributed by atoms with Crippen molar-refractivity contribution < 1.29 is 0 Å². The van der Waals surface area contributed by atoms with Crippen molar-refractivity contribution in [2.75, 3.05) is 4.90 Å². The average molecular weight is 707 g/mol. The minimum Gasteiger partial charge on any atom is -0.311 e. The van der Waals surface area contributed by atoms with Crippen LogP contribution in [0.3, 0.4) is 0 Å². The molecular formula is C51H34N2S. The zero-order valence-electron chi connectivity index (χ0n) is 29.4. The first kappa shape index (κ1) is 31.9. The molecule has 0 atom stereocenters. The molecule has 3 heteroatoms. The van der Waals surface area contributed by atoms with Crippen LogP contribution in [0.15, 0.2) is 206 Å². The summed E-state index contributed by atoms with van der Waals surface area (Å²) in [5.41, 5.74) is 12.8. The van der Waals surface area contributed by atoms with Crippen molar-refractivity contribution in [2.45, 2.75) is 0 Å². The number of rotatable bonds is 7. The molecule has 10 aromatic rings. The molecule has 2 heterocycles. The van der Waals surface area contributed by atoms with E-state index in [9.17, 15) is 0 Å². The van der Waals surface area contributed by atoms with E-state index in [-0.39, 0.29) is 0 Å². The maximum absolute atomic E-state index is 4.52. The predicted molar refractivity (Wildman–Crippen MR) is 231 cm³/mol. The number of hydrogen-bond donors (Lipinski definition) is 0. The van der Waals surface area contributed by atoms with E-state index < -0.39 is 0 Å². The lowest BCUT2D eigenvalue weighted by molar-refractivity contribution is 1.28. The fourth-order valence-electron chi connectivity index (χ4n) is 7.43. The van der Waals surface area contributed by atoms with Crippen LogP contribution < -0.4 is 4.90 Å². The second kappa shape index (κ2) is 13.6. The van der Waals surface area contributed by atoms with Gasteiger partial charge in [0.1, 0.15) is 0 Å². The Labute approximate surface area is 318 Å². The van der Waals surface area contributed by atoms with Gasteiger partial charge in [-0.15, -0.1) is 11.3 Å². The topological polar surface area (TPSA) is 16.1 Å². The smallest absolute Gasteiger partial charge is 0.0816 e. The van der Waals surface area contributed by atoms with E-state index in [1.165, 1.54) is 70.1 Å². The van der Waals surface area contributed by atoms with Crippen LogP contribution in [-0.2, 0) is 0 Å². The Balaban J connectivity index is 0.980. The molecule has 0 unspecified atom stereocenters. The summed E-state index contributed by atoms with van der Waals surface area (Å²) in [4.78, 5) is 8.10. The molecular weight excluding hydrogens is 673 g/mol. The van der Waals surface area contributed by atoms with E-state index in [1.807, 2.05) is 12.3 Å². The lowest BCUT2D eigenvalue weighted by Gasteiger charge is -2.26. The normalized spacial score (nSPS) is 11.3. The van der Waals surface area contributed by atoms with Crippen LogP contribution in [0, 0.1) is 0 Å². The number of benzene rings is 8. The third-order valence-corrected chi connectivity index (χ3v) is 11.5. The van der Waals surface area contributed by atoms with E-state index in [1.54, 1.807) is 11.3 Å². The minimum atomic E-state index is 1.05. The van der Waals surface area contributed by atoms with Gasteiger partial charge in [-0.25, -0.2) is 0 Å². The van der Waals surface area contributed by atoms with Crippen LogP contribution in [0.5, 0.6) is 0 Å². The molecule has 2 aromatic heterocycles. The lowest BCUT2D eigenvalue weighted by Crippen LogP contribution is -2.09. The van der Waals surface area contributed by atoms with Gasteiger partial charge in [0.15, 0.2) is 0 Å². The van der Waals surface area contributed by atoms with Crippen molar-refractivity contribution in [1.29, 1.82) is 0 Å². The monoisotopic (exact) mass is 706 g/mol. The molecule has 0 fully saturated rings. The highest BCUT2D eigenvalue weighted by Crippen LogP contribution is 2.39. The molecule has 8 aromatic carbocycles. The molecule has 0 saturated heterocycles. The van der Waals surface area contributed by atoms with Crippen molar-refractivity contribution in [2.24, 2.45) is 0 Å². The Morgan fingerprint density at radius 3 is 1.22 bits per heavy atom. The molecule has 54 heavy (non-hydrogen) atoms. The van der Waals surface area contributed by atoms with E-state index >= 15 is 0 Å². The molecule has 254 valence electrons. The van der Waals surface area contributed by atoms with Gasteiger partial charge in [-0.3, -0.25) is 4.98 Å². The van der Waals surface area contributed by atoms with Gasteiger partial charge in [0.2, 0.25) is 0 Å². The fraction of sp³-hybridized carbons (Fsp3) is 0. The molecule has 10 rings (SSSR count). The van der Waals surface area contributed by atoms with Crippen LogP contribution in [0.1, 0.15) is 0 Å². The fourth-order valence-corrected chi connectivity index (χ4v) is 8.46. The minimum absolute atomic E-state index is 1.05. The van der Waals surface area contributed by atoms with Crippen molar-refractivity contribution in [1.82, 2.24) is 4.98 Å². The number of anilines is 3. The first-order valence-electron chi connectivity index (χ1n) is 18.3. The summed E-state index contributed by atoms with van der Waals surface area (Å²) in [6.07, 6.45) is 1.86. The molecule has 0 amide bonds. The molecule has 0 N–H and O–H groups in total. The number of thiophene rings is 1. The zero-order chi connectivity index (χ0) is 35.8. The van der Waals surface area contributed by atoms with Gasteiger partial charge in [-0.1, -0.05) is 133 Å². The molecule has 0 bridgehead atoms. The molecule has 0 aliphatic heterocycles. The summed E-state index contributed by atoms with van der Waals surface area (Å²) in [5, 5.41) is 5.01. The van der Waals surface area contributed by atoms with Gasteiger partial charge in [0, 0.05) is 28.1 Å². The maximum Gasteiger partial charge on any atom is 0.0816 e. The average Bonchev–Trinajstić information content (AvgIpc) is 3.69. The van der Waals surface area contributed by atoms with E-state index in [0.29, 0.717) is 0 Å². The summed E-state index contributed by atoms with van der Waals surface area (Å²) in [6, 6.07) is 72.4. The van der Waals surface area contributed by atoms with Gasteiger partial charge in [-0.05, 0) is 127 Å². The largest absolute Gasteiger partial charge is 0.311 e. The quantitative estimate of drug-likeness (QED) is 0.164. The van der Waals surface area contributed by atoms with E-state index in [2.05, 4.69) is 204 Å². The number of hydrogen-bond acceptors (Lipinski definition) is 3. The van der Waals surface area contributed by atoms with Crippen LogP contribution in [0.25, 0.3) is 75.6 Å². The molecule has 0 aliphatic carbocycles. The van der Waals surface area contributed by atoms with E-state index in [4.69, 9.17) is 0 Å². The van der Waals surface area contributed by atoms with E-state index in [0.717, 1.165) is 22.6 Å². The Bertz CT molecular complexity index is 2750. The summed E-state index contributed by atoms with van der Waals surface area (Å²) >= 11 is 1.78. The Morgan fingerprint density at radius 2 is 0.741 bits per heavy atom. The third-order valence-electron chi connectivity index (χ3n) is 10.3. The van der Waals surface area contributed by atoms with Crippen LogP contribution in [-0.4, -0.2) is 4.98 Å². The highest BCUT2D eigenvalue weighted by atomic mass is 32.1. The van der Waals surface area contributed by atoms with Crippen LogP contribution >= 0.6 is 11.3 Å². The SMILES string of the molecule is c1ccc2cc(-c3ccc(N(c4ccc(-c5ccc(-c6cc7ncccc7s6)cc5)cc4)c4ccc(-c5ccc6ccccc6c5)cc4)cc3)ccc2c1. The molecule has 2 nitrogen and oxygen atoms in total. The number of pyridine rings is 1. The number of aromatic nitrogens is 1. The highest BCUT2D eigenvalue weighted by molar-refractivity contribution is 7.22. The van der Waals surface area contributed by atoms with Crippen molar-refractivity contribution >= 4 is 60.2 Å². The van der Waals surface area contributed by atoms with Crippen LogP contribution in [0.4, 0.5) is 17.1 Å². The highest BCUT2D eigenvalue weighted by Gasteiger charge is 2.15. The standard InChI is InChI=1S/C51H34N2S/c1-3-8-42-32-44(17-13-35(42)6-1)39-21-27-47(28-22-39)53(48-29-23-40(24-30-48)45-18-14-36-7-2-4-9-43(36)33-45)46-25-19-38(20-26-46)37-11-15-41(16-12-37)51-34-49-50(54-51)10-5-31-52-49/h1-34H. The molecule has 0 radical (unpaired) electrons. The summed E-state index contributed by atoms with van der Waals surface area (Å²) in [5.74, 6) is 0. The van der Waals surface area contributed by atoms with Crippen molar-refractivity contribution in [3.63, 3.8) is 0 Å². The van der Waals surface area contributed by atoms with Gasteiger partial charge < -0.3 is 4.90 Å². The Morgan fingerprint density at radius 1 is 0.333 bits per heavy atom. The van der Waals surface area contributed by atoms with Crippen LogP contribution in [0.2, 0.25) is 0 Å². The number of fused-ring (bicyclic) bond motifs is 3. The summed E-state index contributed by atoms with van der Waals surface area (Å²) in [6.45, 7) is 0. The number of nitrogens with zero attached hydrogens (tertiary/aromatic N) is 2. The van der Waals surface area contributed by atoms with Gasteiger partial charge in [0.25, 0.3) is 0 Å². The second-order valence-electron chi connectivity index (χ2n) is 13.7. The molecule has 0 saturated carbocycles. The first-order valence-corrected chi connectivity index (χ1v) is 19.1. The Hall–Kier alpha value is -6.81.